The van der Waals surface area contributed by atoms with Crippen molar-refractivity contribution < 1.29 is 0 Å². The Labute approximate surface area is 144 Å². The molecule has 2 heterocycles. The molecule has 2 rings (SSSR count). The molecule has 6 heteroatoms. The lowest BCUT2D eigenvalue weighted by molar-refractivity contribution is 1.27. The summed E-state index contributed by atoms with van der Waals surface area (Å²) in [7, 11) is -1.27. The molecule has 2 aromatic rings. The molecule has 122 valence electrons. The summed E-state index contributed by atoms with van der Waals surface area (Å²) in [4.78, 5) is 7.90. The molecule has 0 saturated carbocycles. The van der Waals surface area contributed by atoms with Crippen molar-refractivity contribution in [2.75, 3.05) is 11.1 Å². The van der Waals surface area contributed by atoms with Gasteiger partial charge in [0, 0.05) is 18.4 Å². The molecule has 0 atom stereocenters. The highest BCUT2D eigenvalue weighted by Crippen LogP contribution is 2.14. The lowest BCUT2D eigenvalue weighted by atomic mass is 10.3. The minimum absolute atomic E-state index is 0.376. The number of halogens is 1. The first kappa shape index (κ1) is 19.0. The molecule has 4 nitrogen and oxygen atoms in total. The van der Waals surface area contributed by atoms with Gasteiger partial charge in [-0.1, -0.05) is 31.2 Å². The second-order valence-corrected chi connectivity index (χ2v) is 11.4. The van der Waals surface area contributed by atoms with Crippen molar-refractivity contribution in [3.63, 3.8) is 0 Å². The van der Waals surface area contributed by atoms with Crippen LogP contribution >= 0.6 is 11.6 Å². The zero-order valence-corrected chi connectivity index (χ0v) is 16.0. The van der Waals surface area contributed by atoms with Crippen LogP contribution in [0.3, 0.4) is 0 Å². The van der Waals surface area contributed by atoms with E-state index in [1.54, 1.807) is 18.5 Å². The Kier molecular flexibility index (Phi) is 7.08. The summed E-state index contributed by atoms with van der Waals surface area (Å²) in [6.07, 6.45) is 5.29. The largest absolute Gasteiger partial charge is 0.396 e. The van der Waals surface area contributed by atoms with E-state index in [0.717, 1.165) is 16.8 Å². The fraction of sp³-hybridized carbons (Fsp3) is 0.294. The molecule has 0 aliphatic heterocycles. The number of nitrogens with two attached hydrogens (primary N) is 1. The van der Waals surface area contributed by atoms with Crippen LogP contribution < -0.4 is 11.1 Å². The molecule has 0 aliphatic carbocycles. The van der Waals surface area contributed by atoms with E-state index in [-0.39, 0.29) is 0 Å². The van der Waals surface area contributed by atoms with Crippen molar-refractivity contribution in [1.82, 2.24) is 9.97 Å². The van der Waals surface area contributed by atoms with Crippen LogP contribution in [0.2, 0.25) is 24.8 Å². The average molecular weight is 347 g/mol. The van der Waals surface area contributed by atoms with Crippen LogP contribution in [0.25, 0.3) is 0 Å². The van der Waals surface area contributed by atoms with Crippen molar-refractivity contribution in [3.8, 4) is 11.6 Å². The fourth-order valence-corrected chi connectivity index (χ4v) is 2.03. The Morgan fingerprint density at radius 1 is 1.09 bits per heavy atom. The Balaban J connectivity index is 0.000000253. The van der Waals surface area contributed by atoms with E-state index in [2.05, 4.69) is 46.5 Å². The zero-order chi connectivity index (χ0) is 17.5. The molecule has 0 bridgehead atoms. The molecule has 2 aromatic heterocycles. The van der Waals surface area contributed by atoms with Crippen LogP contribution in [0, 0.1) is 25.4 Å². The summed E-state index contributed by atoms with van der Waals surface area (Å²) < 4.78 is 0. The molecule has 3 N–H and O–H groups in total. The Morgan fingerprint density at radius 3 is 2.26 bits per heavy atom. The van der Waals surface area contributed by atoms with Crippen molar-refractivity contribution in [1.29, 1.82) is 0 Å². The van der Waals surface area contributed by atoms with Crippen LogP contribution in [-0.2, 0) is 0 Å². The Bertz CT molecular complexity index is 715. The van der Waals surface area contributed by atoms with Gasteiger partial charge in [0.15, 0.2) is 5.15 Å². The van der Waals surface area contributed by atoms with Gasteiger partial charge in [-0.2, -0.15) is 0 Å². The smallest absolute Gasteiger partial charge is 0.151 e. The van der Waals surface area contributed by atoms with E-state index < -0.39 is 8.07 Å². The van der Waals surface area contributed by atoms with Gasteiger partial charge in [-0.3, -0.25) is 4.98 Å². The third-order valence-electron chi connectivity index (χ3n) is 2.52. The molecular formula is C17H23ClN4Si. The molecule has 23 heavy (non-hydrogen) atoms. The van der Waals surface area contributed by atoms with Crippen LogP contribution in [0.1, 0.15) is 11.1 Å². The van der Waals surface area contributed by atoms with Gasteiger partial charge in [-0.25, -0.2) is 4.98 Å². The SMILES string of the molecule is Cc1cnc(Cl)c(N)c1.Cc1cncc(NC#C[Si](C)(C)C)c1. The highest BCUT2D eigenvalue weighted by molar-refractivity contribution is 6.83. The maximum atomic E-state index is 5.54. The van der Waals surface area contributed by atoms with Crippen molar-refractivity contribution in [3.05, 3.63) is 47.0 Å². The molecule has 0 spiro atoms. The van der Waals surface area contributed by atoms with Gasteiger partial charge in [-0.05, 0) is 37.1 Å². The summed E-state index contributed by atoms with van der Waals surface area (Å²) in [6, 6.07) is 6.81. The number of rotatable bonds is 1. The maximum Gasteiger partial charge on any atom is 0.151 e. The molecule has 0 saturated heterocycles. The lowest BCUT2D eigenvalue weighted by Gasteiger charge is -2.04. The third kappa shape index (κ3) is 8.24. The molecular weight excluding hydrogens is 324 g/mol. The molecule has 0 unspecified atom stereocenters. The second kappa shape index (κ2) is 8.56. The molecule has 0 fully saturated rings. The summed E-state index contributed by atoms with van der Waals surface area (Å²) in [5, 5.41) is 3.43. The lowest BCUT2D eigenvalue weighted by Crippen LogP contribution is -2.16. The first-order chi connectivity index (χ1) is 10.7. The summed E-state index contributed by atoms with van der Waals surface area (Å²) in [5.74, 6) is 0. The Morgan fingerprint density at radius 2 is 1.74 bits per heavy atom. The first-order valence-corrected chi connectivity index (χ1v) is 11.1. The Hall–Kier alpha value is -2.03. The number of nitrogens with zero attached hydrogens (tertiary/aromatic N) is 2. The topological polar surface area (TPSA) is 63.8 Å². The second-order valence-electron chi connectivity index (χ2n) is 6.27. The van der Waals surface area contributed by atoms with Crippen LogP contribution in [0.5, 0.6) is 0 Å². The van der Waals surface area contributed by atoms with Gasteiger partial charge in [0.1, 0.15) is 8.07 Å². The minimum Gasteiger partial charge on any atom is -0.396 e. The van der Waals surface area contributed by atoms with Gasteiger partial charge >= 0.3 is 0 Å². The van der Waals surface area contributed by atoms with Gasteiger partial charge < -0.3 is 11.1 Å². The summed E-state index contributed by atoms with van der Waals surface area (Å²) in [6.45, 7) is 10.6. The van der Waals surface area contributed by atoms with E-state index in [1.165, 1.54) is 0 Å². The standard InChI is InChI=1S/C11H16N2Si.C6H7ClN2/c1-10-7-11(9-12-8-10)13-5-6-14(2,3)4;1-4-2-5(8)6(7)9-3-4/h7-9,13H,1-4H3;2-3H,8H2,1H3. The predicted octanol–water partition coefficient (Wildman–Crippen LogP) is 4.27. The highest BCUT2D eigenvalue weighted by atomic mass is 35.5. The molecule has 0 aromatic carbocycles. The van der Waals surface area contributed by atoms with E-state index in [4.69, 9.17) is 17.3 Å². The number of hydrogen-bond donors (Lipinski definition) is 2. The third-order valence-corrected chi connectivity index (χ3v) is 3.71. The normalized spacial score (nSPS) is 10.0. The number of nitrogens with one attached hydrogen (secondary N) is 1. The summed E-state index contributed by atoms with van der Waals surface area (Å²) >= 11 is 5.54. The minimum atomic E-state index is -1.27. The van der Waals surface area contributed by atoms with Crippen molar-refractivity contribution in [2.45, 2.75) is 33.5 Å². The predicted molar refractivity (Wildman–Crippen MR) is 102 cm³/mol. The number of pyridine rings is 2. The average Bonchev–Trinajstić information content (AvgIpc) is 2.43. The zero-order valence-electron chi connectivity index (χ0n) is 14.2. The van der Waals surface area contributed by atoms with Gasteiger partial charge in [0.05, 0.1) is 17.6 Å². The van der Waals surface area contributed by atoms with Crippen molar-refractivity contribution >= 4 is 31.0 Å². The van der Waals surface area contributed by atoms with Crippen LogP contribution in [0.4, 0.5) is 11.4 Å². The van der Waals surface area contributed by atoms with Gasteiger partial charge in [-0.15, -0.1) is 5.54 Å². The first-order valence-electron chi connectivity index (χ1n) is 7.25. The number of aromatic nitrogens is 2. The molecule has 0 aliphatic rings. The fourth-order valence-electron chi connectivity index (χ4n) is 1.49. The number of nitrogen functional groups attached to an aromatic ring is 1. The van der Waals surface area contributed by atoms with E-state index in [0.29, 0.717) is 10.8 Å². The molecule has 0 radical (unpaired) electrons. The number of anilines is 2. The number of aryl methyl sites for hydroxylation is 2. The maximum absolute atomic E-state index is 5.54. The summed E-state index contributed by atoms with van der Waals surface area (Å²) in [5.41, 5.74) is 12.3. The monoisotopic (exact) mass is 346 g/mol. The highest BCUT2D eigenvalue weighted by Gasteiger charge is 2.07. The van der Waals surface area contributed by atoms with E-state index in [9.17, 15) is 0 Å². The number of hydrogen-bond acceptors (Lipinski definition) is 4. The molecule has 0 amide bonds. The van der Waals surface area contributed by atoms with E-state index >= 15 is 0 Å². The van der Waals surface area contributed by atoms with Crippen LogP contribution in [-0.4, -0.2) is 18.0 Å². The van der Waals surface area contributed by atoms with Crippen LogP contribution in [0.15, 0.2) is 30.7 Å². The van der Waals surface area contributed by atoms with Crippen molar-refractivity contribution in [2.24, 2.45) is 0 Å². The van der Waals surface area contributed by atoms with Gasteiger partial charge in [0.2, 0.25) is 0 Å². The van der Waals surface area contributed by atoms with Gasteiger partial charge in [0.25, 0.3) is 0 Å². The van der Waals surface area contributed by atoms with E-state index in [1.807, 2.05) is 26.1 Å². The quantitative estimate of drug-likeness (QED) is 0.350.